The first-order chi connectivity index (χ1) is 9.74. The Balaban J connectivity index is 2.01. The van der Waals surface area contributed by atoms with E-state index in [0.717, 1.165) is 29.9 Å². The molecule has 1 aliphatic carbocycles. The SMILES string of the molecule is Cc1ccccc1-n1ncc2c(=O)[nH]c(C3CC3)nc21. The number of hydrogen-bond acceptors (Lipinski definition) is 3. The number of nitrogens with zero attached hydrogens (tertiary/aromatic N) is 3. The van der Waals surface area contributed by atoms with E-state index in [-0.39, 0.29) is 5.56 Å². The summed E-state index contributed by atoms with van der Waals surface area (Å²) < 4.78 is 1.76. The van der Waals surface area contributed by atoms with Crippen LogP contribution in [0.25, 0.3) is 16.7 Å². The number of para-hydroxylation sites is 1. The van der Waals surface area contributed by atoms with Gasteiger partial charge in [0.05, 0.1) is 11.9 Å². The monoisotopic (exact) mass is 266 g/mol. The van der Waals surface area contributed by atoms with Crippen molar-refractivity contribution in [1.82, 2.24) is 19.7 Å². The largest absolute Gasteiger partial charge is 0.310 e. The van der Waals surface area contributed by atoms with Gasteiger partial charge >= 0.3 is 0 Å². The molecule has 1 N–H and O–H groups in total. The molecular weight excluding hydrogens is 252 g/mol. The van der Waals surface area contributed by atoms with Crippen LogP contribution in [0.1, 0.15) is 30.1 Å². The molecule has 0 saturated heterocycles. The molecule has 0 atom stereocenters. The first-order valence-electron chi connectivity index (χ1n) is 6.78. The zero-order valence-corrected chi connectivity index (χ0v) is 11.1. The summed E-state index contributed by atoms with van der Waals surface area (Å²) in [6.07, 6.45) is 3.80. The maximum Gasteiger partial charge on any atom is 0.262 e. The lowest BCUT2D eigenvalue weighted by atomic mass is 10.2. The average Bonchev–Trinajstić information content (AvgIpc) is 3.20. The summed E-state index contributed by atoms with van der Waals surface area (Å²) in [5.74, 6) is 1.20. The topological polar surface area (TPSA) is 63.6 Å². The quantitative estimate of drug-likeness (QED) is 0.774. The summed E-state index contributed by atoms with van der Waals surface area (Å²) in [5.41, 5.74) is 2.61. The van der Waals surface area contributed by atoms with E-state index in [9.17, 15) is 4.79 Å². The summed E-state index contributed by atoms with van der Waals surface area (Å²) >= 11 is 0. The van der Waals surface area contributed by atoms with E-state index in [1.165, 1.54) is 0 Å². The maximum atomic E-state index is 12.1. The molecule has 0 bridgehead atoms. The second-order valence-electron chi connectivity index (χ2n) is 5.31. The molecule has 4 rings (SSSR count). The lowest BCUT2D eigenvalue weighted by Gasteiger charge is -2.06. The van der Waals surface area contributed by atoms with Gasteiger partial charge in [-0.2, -0.15) is 5.10 Å². The van der Waals surface area contributed by atoms with E-state index >= 15 is 0 Å². The summed E-state index contributed by atoms with van der Waals surface area (Å²) in [5, 5.41) is 4.88. The fourth-order valence-electron chi connectivity index (χ4n) is 2.46. The molecule has 2 aromatic heterocycles. The third-order valence-corrected chi connectivity index (χ3v) is 3.76. The van der Waals surface area contributed by atoms with E-state index in [2.05, 4.69) is 15.1 Å². The average molecular weight is 266 g/mol. The Morgan fingerprint density at radius 2 is 2.10 bits per heavy atom. The van der Waals surface area contributed by atoms with Gasteiger partial charge in [-0.05, 0) is 31.4 Å². The molecule has 0 aliphatic heterocycles. The molecule has 0 spiro atoms. The molecule has 5 heteroatoms. The number of fused-ring (bicyclic) bond motifs is 1. The molecular formula is C15H14N4O. The van der Waals surface area contributed by atoms with Gasteiger partial charge in [0.2, 0.25) is 0 Å². The summed E-state index contributed by atoms with van der Waals surface area (Å²) in [4.78, 5) is 19.6. The van der Waals surface area contributed by atoms with Gasteiger partial charge < -0.3 is 4.98 Å². The smallest absolute Gasteiger partial charge is 0.262 e. The lowest BCUT2D eigenvalue weighted by Crippen LogP contribution is -2.12. The number of rotatable bonds is 2. The highest BCUT2D eigenvalue weighted by Crippen LogP contribution is 2.37. The first-order valence-corrected chi connectivity index (χ1v) is 6.78. The molecule has 100 valence electrons. The van der Waals surface area contributed by atoms with Crippen molar-refractivity contribution in [3.8, 4) is 5.69 Å². The fourth-order valence-corrected chi connectivity index (χ4v) is 2.46. The molecule has 1 saturated carbocycles. The first kappa shape index (κ1) is 11.4. The molecule has 1 aromatic carbocycles. The van der Waals surface area contributed by atoms with Gasteiger partial charge in [0, 0.05) is 5.92 Å². The van der Waals surface area contributed by atoms with Crippen molar-refractivity contribution in [3.05, 3.63) is 52.2 Å². The third kappa shape index (κ3) is 1.66. The van der Waals surface area contributed by atoms with Crippen molar-refractivity contribution in [2.45, 2.75) is 25.7 Å². The van der Waals surface area contributed by atoms with Gasteiger partial charge in [-0.25, -0.2) is 9.67 Å². The predicted molar refractivity (Wildman–Crippen MR) is 76.2 cm³/mol. The minimum absolute atomic E-state index is 0.100. The zero-order valence-electron chi connectivity index (χ0n) is 11.1. The van der Waals surface area contributed by atoms with E-state index in [1.807, 2.05) is 31.2 Å². The van der Waals surface area contributed by atoms with Crippen molar-refractivity contribution in [1.29, 1.82) is 0 Å². The summed E-state index contributed by atoms with van der Waals surface area (Å²) in [7, 11) is 0. The van der Waals surface area contributed by atoms with Gasteiger partial charge in [-0.15, -0.1) is 0 Å². The molecule has 1 aliphatic rings. The zero-order chi connectivity index (χ0) is 13.7. The predicted octanol–water partition coefficient (Wildman–Crippen LogP) is 2.29. The lowest BCUT2D eigenvalue weighted by molar-refractivity contribution is 0.864. The number of aromatic amines is 1. The molecule has 1 fully saturated rings. The van der Waals surface area contributed by atoms with Crippen molar-refractivity contribution in [2.75, 3.05) is 0 Å². The second-order valence-corrected chi connectivity index (χ2v) is 5.31. The minimum Gasteiger partial charge on any atom is -0.310 e. The van der Waals surface area contributed by atoms with E-state index < -0.39 is 0 Å². The third-order valence-electron chi connectivity index (χ3n) is 3.76. The van der Waals surface area contributed by atoms with Crippen molar-refractivity contribution in [3.63, 3.8) is 0 Å². The number of hydrogen-bond donors (Lipinski definition) is 1. The van der Waals surface area contributed by atoms with E-state index in [4.69, 9.17) is 0 Å². The van der Waals surface area contributed by atoms with Crippen LogP contribution in [0, 0.1) is 6.92 Å². The fraction of sp³-hybridized carbons (Fsp3) is 0.267. The Bertz CT molecular complexity index is 858. The number of nitrogens with one attached hydrogen (secondary N) is 1. The summed E-state index contributed by atoms with van der Waals surface area (Å²) in [6, 6.07) is 7.96. The van der Waals surface area contributed by atoms with Crippen LogP contribution in [0.15, 0.2) is 35.3 Å². The number of H-pyrrole nitrogens is 1. The Kier molecular flexibility index (Phi) is 2.30. The van der Waals surface area contributed by atoms with Crippen LogP contribution in [0.4, 0.5) is 0 Å². The Morgan fingerprint density at radius 1 is 1.30 bits per heavy atom. The van der Waals surface area contributed by atoms with Gasteiger partial charge in [0.15, 0.2) is 5.65 Å². The number of aryl methyl sites for hydroxylation is 1. The van der Waals surface area contributed by atoms with E-state index in [1.54, 1.807) is 10.9 Å². The van der Waals surface area contributed by atoms with Gasteiger partial charge in [-0.1, -0.05) is 18.2 Å². The second kappa shape index (κ2) is 4.03. The number of aromatic nitrogens is 4. The molecule has 2 heterocycles. The van der Waals surface area contributed by atoms with Crippen molar-refractivity contribution in [2.24, 2.45) is 0 Å². The van der Waals surface area contributed by atoms with E-state index in [0.29, 0.717) is 17.0 Å². The normalized spacial score (nSPS) is 14.8. The maximum absolute atomic E-state index is 12.1. The van der Waals surface area contributed by atoms with Crippen molar-refractivity contribution >= 4 is 11.0 Å². The standard InChI is InChI=1S/C15H14N4O/c1-9-4-2-3-5-12(9)19-14-11(8-16-19)15(20)18-13(17-14)10-6-7-10/h2-5,8,10H,6-7H2,1H3,(H,17,18,20). The molecule has 20 heavy (non-hydrogen) atoms. The van der Waals surface area contributed by atoms with Crippen LogP contribution < -0.4 is 5.56 Å². The van der Waals surface area contributed by atoms with Crippen LogP contribution in [0.3, 0.4) is 0 Å². The van der Waals surface area contributed by atoms with Crippen LogP contribution in [0.2, 0.25) is 0 Å². The molecule has 5 nitrogen and oxygen atoms in total. The Morgan fingerprint density at radius 3 is 2.85 bits per heavy atom. The van der Waals surface area contributed by atoms with Crippen LogP contribution in [-0.4, -0.2) is 19.7 Å². The van der Waals surface area contributed by atoms with Crippen molar-refractivity contribution < 1.29 is 0 Å². The van der Waals surface area contributed by atoms with Gasteiger partial charge in [0.1, 0.15) is 11.2 Å². The highest BCUT2D eigenvalue weighted by atomic mass is 16.1. The number of benzene rings is 1. The van der Waals surface area contributed by atoms with Crippen LogP contribution >= 0.6 is 0 Å². The minimum atomic E-state index is -0.100. The highest BCUT2D eigenvalue weighted by Gasteiger charge is 2.27. The van der Waals surface area contributed by atoms with Crippen LogP contribution in [-0.2, 0) is 0 Å². The van der Waals surface area contributed by atoms with Gasteiger partial charge in [-0.3, -0.25) is 4.79 Å². The molecule has 0 radical (unpaired) electrons. The molecule has 3 aromatic rings. The highest BCUT2D eigenvalue weighted by molar-refractivity contribution is 5.75. The summed E-state index contributed by atoms with van der Waals surface area (Å²) in [6.45, 7) is 2.03. The Hall–Kier alpha value is -2.43. The molecule has 0 unspecified atom stereocenters. The van der Waals surface area contributed by atoms with Crippen LogP contribution in [0.5, 0.6) is 0 Å². The Labute approximate surface area is 115 Å². The molecule has 0 amide bonds. The van der Waals surface area contributed by atoms with Gasteiger partial charge in [0.25, 0.3) is 5.56 Å².